The van der Waals surface area contributed by atoms with Gasteiger partial charge in [0.05, 0.1) is 33.6 Å². The Kier molecular flexibility index (Phi) is 4.82. The number of imidazole rings is 1. The number of aromatic nitrogens is 2. The predicted octanol–water partition coefficient (Wildman–Crippen LogP) is 3.57. The van der Waals surface area contributed by atoms with Gasteiger partial charge in [0.1, 0.15) is 5.75 Å². The van der Waals surface area contributed by atoms with Gasteiger partial charge in [-0.1, -0.05) is 12.1 Å². The number of aromatic hydroxyl groups is 1. The lowest BCUT2D eigenvalue weighted by molar-refractivity contribution is 0.0443. The van der Waals surface area contributed by atoms with E-state index < -0.39 is 29.5 Å². The van der Waals surface area contributed by atoms with Crippen LogP contribution in [0.1, 0.15) is 57.4 Å². The van der Waals surface area contributed by atoms with Crippen molar-refractivity contribution in [1.82, 2.24) is 9.55 Å². The number of hydrogen-bond donors (Lipinski definition) is 1. The number of benzene rings is 3. The molecule has 11 heteroatoms. The topological polar surface area (TPSA) is 136 Å². The molecule has 0 saturated carbocycles. The summed E-state index contributed by atoms with van der Waals surface area (Å²) < 4.78 is 6.05. The number of carbonyl (C=O) groups is 5. The SMILES string of the molecule is O=C(c1ccc2c(c1)C(=O)OC2=O)c1ccc2c(c1)C(=O)N(c1cc(-n3ccnc3Cl)ccc1O)C2=O. The van der Waals surface area contributed by atoms with E-state index in [0.29, 0.717) is 5.69 Å². The number of carbonyl (C=O) groups excluding carboxylic acids is 5. The molecular formula is C26H12ClN3O7. The fourth-order valence-corrected chi connectivity index (χ4v) is 4.52. The van der Waals surface area contributed by atoms with E-state index in [0.717, 1.165) is 4.90 Å². The van der Waals surface area contributed by atoms with Gasteiger partial charge in [0.25, 0.3) is 11.8 Å². The number of esters is 2. The first-order valence-electron chi connectivity index (χ1n) is 10.7. The highest BCUT2D eigenvalue weighted by Gasteiger charge is 2.39. The van der Waals surface area contributed by atoms with Crippen molar-refractivity contribution < 1.29 is 33.8 Å². The largest absolute Gasteiger partial charge is 0.506 e. The van der Waals surface area contributed by atoms with Gasteiger partial charge in [-0.05, 0) is 54.1 Å². The maximum atomic E-state index is 13.3. The molecule has 180 valence electrons. The Morgan fingerprint density at radius 2 is 1.46 bits per heavy atom. The third kappa shape index (κ3) is 3.34. The van der Waals surface area contributed by atoms with Crippen LogP contribution in [0.3, 0.4) is 0 Å². The van der Waals surface area contributed by atoms with Gasteiger partial charge < -0.3 is 9.84 Å². The summed E-state index contributed by atoms with van der Waals surface area (Å²) in [5.74, 6) is -3.90. The zero-order chi connectivity index (χ0) is 26.0. The highest BCUT2D eigenvalue weighted by atomic mass is 35.5. The van der Waals surface area contributed by atoms with E-state index in [4.69, 9.17) is 11.6 Å². The Hall–Kier alpha value is -5.09. The second kappa shape index (κ2) is 7.97. The number of amides is 2. The lowest BCUT2D eigenvalue weighted by Gasteiger charge is -2.17. The third-order valence-corrected chi connectivity index (χ3v) is 6.41. The van der Waals surface area contributed by atoms with Crippen LogP contribution in [0.2, 0.25) is 5.28 Å². The first-order valence-corrected chi connectivity index (χ1v) is 11.1. The second-order valence-electron chi connectivity index (χ2n) is 8.21. The average Bonchev–Trinajstić information content (AvgIpc) is 3.53. The molecule has 0 radical (unpaired) electrons. The molecule has 0 fully saturated rings. The Bertz CT molecular complexity index is 1740. The zero-order valence-electron chi connectivity index (χ0n) is 18.5. The van der Waals surface area contributed by atoms with E-state index in [2.05, 4.69) is 9.72 Å². The summed E-state index contributed by atoms with van der Waals surface area (Å²) in [7, 11) is 0. The molecule has 1 aromatic heterocycles. The molecule has 2 aliphatic rings. The first kappa shape index (κ1) is 22.4. The molecule has 37 heavy (non-hydrogen) atoms. The van der Waals surface area contributed by atoms with Crippen molar-refractivity contribution >= 4 is 46.8 Å². The van der Waals surface area contributed by atoms with Gasteiger partial charge in [0.15, 0.2) is 5.78 Å². The van der Waals surface area contributed by atoms with Crippen LogP contribution in [-0.2, 0) is 4.74 Å². The number of imide groups is 1. The van der Waals surface area contributed by atoms with Crippen LogP contribution in [0, 0.1) is 0 Å². The Labute approximate surface area is 212 Å². The maximum Gasteiger partial charge on any atom is 0.346 e. The number of phenolic OH excluding ortho intramolecular Hbond substituents is 1. The molecule has 0 saturated heterocycles. The monoisotopic (exact) mass is 513 g/mol. The molecule has 2 amide bonds. The van der Waals surface area contributed by atoms with Crippen LogP contribution in [0.15, 0.2) is 67.0 Å². The van der Waals surface area contributed by atoms with Crippen LogP contribution < -0.4 is 4.90 Å². The molecule has 1 N–H and O–H groups in total. The van der Waals surface area contributed by atoms with Gasteiger partial charge >= 0.3 is 11.9 Å². The first-order chi connectivity index (χ1) is 17.7. The summed E-state index contributed by atoms with van der Waals surface area (Å²) in [6.45, 7) is 0. The van der Waals surface area contributed by atoms with Crippen molar-refractivity contribution in [3.8, 4) is 11.4 Å². The van der Waals surface area contributed by atoms with E-state index in [1.807, 2.05) is 0 Å². The average molecular weight is 514 g/mol. The summed E-state index contributed by atoms with van der Waals surface area (Å²) in [6, 6.07) is 12.2. The fourth-order valence-electron chi connectivity index (χ4n) is 4.31. The number of phenols is 1. The number of ether oxygens (including phenoxy) is 1. The molecule has 0 aliphatic carbocycles. The standard InChI is InChI=1S/C26H12ClN3O7/c27-26-28-7-8-29(26)14-3-6-20(31)19(11-14)30-22(33)15-4-1-12(9-17(15)23(30)34)21(32)13-2-5-16-18(10-13)25(36)37-24(16)35/h1-11,31H. The smallest absolute Gasteiger partial charge is 0.346 e. The highest BCUT2D eigenvalue weighted by molar-refractivity contribution is 6.35. The Morgan fingerprint density at radius 3 is 2.16 bits per heavy atom. The summed E-state index contributed by atoms with van der Waals surface area (Å²) in [5, 5.41) is 10.6. The van der Waals surface area contributed by atoms with Gasteiger partial charge in [0.2, 0.25) is 5.28 Å². The van der Waals surface area contributed by atoms with Crippen molar-refractivity contribution in [2.24, 2.45) is 0 Å². The van der Waals surface area contributed by atoms with Crippen molar-refractivity contribution in [1.29, 1.82) is 0 Å². The van der Waals surface area contributed by atoms with E-state index in [-0.39, 0.29) is 50.1 Å². The molecule has 4 aromatic rings. The van der Waals surface area contributed by atoms with Gasteiger partial charge in [-0.25, -0.2) is 19.5 Å². The Balaban J connectivity index is 1.36. The van der Waals surface area contributed by atoms with Gasteiger partial charge in [-0.2, -0.15) is 0 Å². The number of halogens is 1. The molecular weight excluding hydrogens is 502 g/mol. The van der Waals surface area contributed by atoms with Crippen LogP contribution in [-0.4, -0.2) is 44.2 Å². The quantitative estimate of drug-likeness (QED) is 0.189. The number of nitrogens with zero attached hydrogens (tertiary/aromatic N) is 3. The minimum Gasteiger partial charge on any atom is -0.506 e. The maximum absolute atomic E-state index is 13.3. The van der Waals surface area contributed by atoms with Gasteiger partial charge in [0, 0.05) is 23.5 Å². The van der Waals surface area contributed by atoms with Crippen LogP contribution >= 0.6 is 11.6 Å². The summed E-state index contributed by atoms with van der Waals surface area (Å²) in [5.41, 5.74) is 0.629. The molecule has 0 atom stereocenters. The third-order valence-electron chi connectivity index (χ3n) is 6.13. The summed E-state index contributed by atoms with van der Waals surface area (Å²) in [6.07, 6.45) is 3.05. The minimum atomic E-state index is -0.848. The molecule has 0 unspecified atom stereocenters. The van der Waals surface area contributed by atoms with Crippen molar-refractivity contribution in [2.45, 2.75) is 0 Å². The lowest BCUT2D eigenvalue weighted by Crippen LogP contribution is -2.29. The molecule has 0 bridgehead atoms. The van der Waals surface area contributed by atoms with E-state index >= 15 is 0 Å². The van der Waals surface area contributed by atoms with Gasteiger partial charge in [-0.15, -0.1) is 0 Å². The van der Waals surface area contributed by atoms with Crippen molar-refractivity contribution in [3.63, 3.8) is 0 Å². The van der Waals surface area contributed by atoms with E-state index in [9.17, 15) is 29.1 Å². The number of fused-ring (bicyclic) bond motifs is 2. The molecule has 2 aliphatic heterocycles. The van der Waals surface area contributed by atoms with Crippen LogP contribution in [0.25, 0.3) is 5.69 Å². The van der Waals surface area contributed by atoms with Crippen LogP contribution in [0.4, 0.5) is 5.69 Å². The predicted molar refractivity (Wildman–Crippen MR) is 127 cm³/mol. The second-order valence-corrected chi connectivity index (χ2v) is 8.55. The number of cyclic esters (lactones) is 2. The summed E-state index contributed by atoms with van der Waals surface area (Å²) in [4.78, 5) is 67.9. The normalized spacial score (nSPS) is 14.1. The Morgan fingerprint density at radius 1 is 0.811 bits per heavy atom. The fraction of sp³-hybridized carbons (Fsp3) is 0. The van der Waals surface area contributed by atoms with Crippen LogP contribution in [0.5, 0.6) is 5.75 Å². The molecule has 3 aromatic carbocycles. The minimum absolute atomic E-state index is 0.0252. The molecule has 10 nitrogen and oxygen atoms in total. The lowest BCUT2D eigenvalue weighted by atomic mass is 9.96. The molecule has 6 rings (SSSR count). The van der Waals surface area contributed by atoms with E-state index in [1.54, 1.807) is 12.3 Å². The number of ketones is 1. The van der Waals surface area contributed by atoms with E-state index in [1.165, 1.54) is 59.3 Å². The molecule has 0 spiro atoms. The number of anilines is 1. The number of rotatable bonds is 4. The summed E-state index contributed by atoms with van der Waals surface area (Å²) >= 11 is 6.07. The number of hydrogen-bond acceptors (Lipinski definition) is 8. The van der Waals surface area contributed by atoms with Gasteiger partial charge in [-0.3, -0.25) is 19.0 Å². The van der Waals surface area contributed by atoms with Crippen molar-refractivity contribution in [2.75, 3.05) is 4.90 Å². The highest BCUT2D eigenvalue weighted by Crippen LogP contribution is 2.36. The molecule has 3 heterocycles. The zero-order valence-corrected chi connectivity index (χ0v) is 19.2. The van der Waals surface area contributed by atoms with Crippen molar-refractivity contribution in [3.05, 3.63) is 106 Å².